The summed E-state index contributed by atoms with van der Waals surface area (Å²) in [5.41, 5.74) is 5.18. The molecule has 0 spiro atoms. The standard InChI is InChI=1S/C21H23N3O2/c1-14-10-16(3)18(11-15(14)2)22-21-23-20(25)19(26-4)13-24(21)12-17-8-6-5-7-9-17/h5-11,13H,12H2,1-4H3,(H,22,23,25). The first kappa shape index (κ1) is 17.7. The third-order valence-electron chi connectivity index (χ3n) is 4.47. The molecule has 0 radical (unpaired) electrons. The maximum atomic E-state index is 12.2. The molecule has 0 saturated carbocycles. The van der Waals surface area contributed by atoms with E-state index in [9.17, 15) is 4.79 Å². The molecule has 0 aliphatic carbocycles. The van der Waals surface area contributed by atoms with Gasteiger partial charge >= 0.3 is 5.56 Å². The second-order valence-electron chi connectivity index (χ2n) is 6.43. The van der Waals surface area contributed by atoms with Crippen molar-refractivity contribution in [2.24, 2.45) is 0 Å². The average molecular weight is 349 g/mol. The van der Waals surface area contributed by atoms with Crippen molar-refractivity contribution < 1.29 is 4.74 Å². The number of methoxy groups -OCH3 is 1. The number of nitrogens with one attached hydrogen (secondary N) is 1. The number of aryl methyl sites for hydroxylation is 3. The quantitative estimate of drug-likeness (QED) is 0.757. The molecule has 0 aliphatic rings. The SMILES string of the molecule is COc1cn(Cc2ccccc2)c(Nc2cc(C)c(C)cc2C)nc1=O. The molecular weight excluding hydrogens is 326 g/mol. The lowest BCUT2D eigenvalue weighted by molar-refractivity contribution is 0.402. The monoisotopic (exact) mass is 349 g/mol. The topological polar surface area (TPSA) is 56.1 Å². The molecule has 3 rings (SSSR count). The van der Waals surface area contributed by atoms with Crippen LogP contribution in [-0.2, 0) is 6.54 Å². The largest absolute Gasteiger partial charge is 0.490 e. The summed E-state index contributed by atoms with van der Waals surface area (Å²) in [6.45, 7) is 6.77. The number of hydrogen-bond donors (Lipinski definition) is 1. The summed E-state index contributed by atoms with van der Waals surface area (Å²) in [5.74, 6) is 0.717. The van der Waals surface area contributed by atoms with Crippen molar-refractivity contribution in [1.29, 1.82) is 0 Å². The molecule has 5 nitrogen and oxygen atoms in total. The Bertz CT molecular complexity index is 979. The van der Waals surface area contributed by atoms with Gasteiger partial charge in [0.05, 0.1) is 19.9 Å². The Morgan fingerprint density at radius 1 is 1.04 bits per heavy atom. The van der Waals surface area contributed by atoms with Gasteiger partial charge in [-0.05, 0) is 49.1 Å². The van der Waals surface area contributed by atoms with E-state index in [-0.39, 0.29) is 11.3 Å². The van der Waals surface area contributed by atoms with Gasteiger partial charge in [0, 0.05) is 5.69 Å². The lowest BCUT2D eigenvalue weighted by Crippen LogP contribution is -2.19. The Balaban J connectivity index is 2.04. The van der Waals surface area contributed by atoms with Crippen LogP contribution in [0.15, 0.2) is 53.5 Å². The van der Waals surface area contributed by atoms with Crippen molar-refractivity contribution in [3.63, 3.8) is 0 Å². The predicted octanol–water partition coefficient (Wildman–Crippen LogP) is 3.97. The van der Waals surface area contributed by atoms with Gasteiger partial charge in [-0.3, -0.25) is 4.79 Å². The van der Waals surface area contributed by atoms with Gasteiger partial charge in [-0.25, -0.2) is 0 Å². The Labute approximate surface area is 153 Å². The molecule has 3 aromatic rings. The molecule has 2 aromatic carbocycles. The summed E-state index contributed by atoms with van der Waals surface area (Å²) in [6, 6.07) is 14.2. The molecule has 0 atom stereocenters. The van der Waals surface area contributed by atoms with Crippen LogP contribution >= 0.6 is 0 Å². The molecular formula is C21H23N3O2. The number of hydrogen-bond acceptors (Lipinski definition) is 4. The number of aromatic nitrogens is 2. The van der Waals surface area contributed by atoms with E-state index in [1.54, 1.807) is 6.20 Å². The van der Waals surface area contributed by atoms with Crippen LogP contribution in [0.4, 0.5) is 11.6 Å². The lowest BCUT2D eigenvalue weighted by Gasteiger charge is -2.17. The van der Waals surface area contributed by atoms with Crippen LogP contribution < -0.4 is 15.6 Å². The first-order valence-corrected chi connectivity index (χ1v) is 8.52. The van der Waals surface area contributed by atoms with E-state index in [0.717, 1.165) is 16.8 Å². The molecule has 0 aliphatic heterocycles. The zero-order chi connectivity index (χ0) is 18.7. The maximum absolute atomic E-state index is 12.2. The summed E-state index contributed by atoms with van der Waals surface area (Å²) in [7, 11) is 1.48. The van der Waals surface area contributed by atoms with Crippen molar-refractivity contribution in [2.75, 3.05) is 12.4 Å². The molecule has 5 heteroatoms. The number of benzene rings is 2. The molecule has 26 heavy (non-hydrogen) atoms. The highest BCUT2D eigenvalue weighted by atomic mass is 16.5. The summed E-state index contributed by atoms with van der Waals surface area (Å²) in [5, 5.41) is 3.32. The lowest BCUT2D eigenvalue weighted by atomic mass is 10.1. The highest BCUT2D eigenvalue weighted by Crippen LogP contribution is 2.24. The number of ether oxygens (including phenoxy) is 1. The highest BCUT2D eigenvalue weighted by Gasteiger charge is 2.11. The Morgan fingerprint density at radius 2 is 1.73 bits per heavy atom. The van der Waals surface area contributed by atoms with E-state index in [1.165, 1.54) is 18.2 Å². The second-order valence-corrected chi connectivity index (χ2v) is 6.43. The molecule has 0 amide bonds. The first-order chi connectivity index (χ1) is 12.5. The van der Waals surface area contributed by atoms with Crippen LogP contribution in [0.25, 0.3) is 0 Å². The normalized spacial score (nSPS) is 10.6. The third kappa shape index (κ3) is 3.77. The van der Waals surface area contributed by atoms with E-state index in [1.807, 2.05) is 41.8 Å². The number of nitrogens with zero attached hydrogens (tertiary/aromatic N) is 2. The number of rotatable bonds is 5. The van der Waals surface area contributed by atoms with Gasteiger partial charge < -0.3 is 14.6 Å². The second kappa shape index (κ2) is 7.44. The van der Waals surface area contributed by atoms with Crippen LogP contribution in [0.1, 0.15) is 22.3 Å². The smallest absolute Gasteiger partial charge is 0.316 e. The molecule has 1 aromatic heterocycles. The summed E-state index contributed by atoms with van der Waals surface area (Å²) >= 11 is 0. The van der Waals surface area contributed by atoms with E-state index in [0.29, 0.717) is 12.5 Å². The van der Waals surface area contributed by atoms with Gasteiger partial charge in [0.2, 0.25) is 11.7 Å². The minimum absolute atomic E-state index is 0.225. The van der Waals surface area contributed by atoms with Gasteiger partial charge in [-0.15, -0.1) is 0 Å². The maximum Gasteiger partial charge on any atom is 0.316 e. The summed E-state index contributed by atoms with van der Waals surface area (Å²) in [4.78, 5) is 16.4. The zero-order valence-electron chi connectivity index (χ0n) is 15.5. The van der Waals surface area contributed by atoms with E-state index < -0.39 is 0 Å². The Kier molecular flexibility index (Phi) is 5.07. The fourth-order valence-electron chi connectivity index (χ4n) is 2.83. The van der Waals surface area contributed by atoms with Crippen molar-refractivity contribution >= 4 is 11.6 Å². The average Bonchev–Trinajstić information content (AvgIpc) is 2.62. The molecule has 0 bridgehead atoms. The minimum Gasteiger partial charge on any atom is -0.490 e. The molecule has 1 N–H and O–H groups in total. The van der Waals surface area contributed by atoms with Crippen LogP contribution in [0.5, 0.6) is 5.75 Å². The van der Waals surface area contributed by atoms with E-state index >= 15 is 0 Å². The van der Waals surface area contributed by atoms with Crippen LogP contribution in [0.2, 0.25) is 0 Å². The molecule has 0 fully saturated rings. The van der Waals surface area contributed by atoms with Crippen LogP contribution in [0.3, 0.4) is 0 Å². The molecule has 1 heterocycles. The number of anilines is 2. The summed E-state index contributed by atoms with van der Waals surface area (Å²) in [6.07, 6.45) is 1.70. The van der Waals surface area contributed by atoms with Gasteiger partial charge in [0.1, 0.15) is 0 Å². The molecule has 0 saturated heterocycles. The fourth-order valence-corrected chi connectivity index (χ4v) is 2.83. The zero-order valence-corrected chi connectivity index (χ0v) is 15.5. The Hall–Kier alpha value is -3.08. The van der Waals surface area contributed by atoms with Gasteiger partial charge in [-0.2, -0.15) is 4.98 Å². The molecule has 0 unspecified atom stereocenters. The van der Waals surface area contributed by atoms with Gasteiger partial charge in [-0.1, -0.05) is 36.4 Å². The van der Waals surface area contributed by atoms with Crippen molar-refractivity contribution in [3.8, 4) is 5.75 Å². The van der Waals surface area contributed by atoms with Crippen molar-refractivity contribution in [3.05, 3.63) is 81.3 Å². The molecule has 134 valence electrons. The van der Waals surface area contributed by atoms with E-state index in [2.05, 4.69) is 36.3 Å². The fraction of sp³-hybridized carbons (Fsp3) is 0.238. The van der Waals surface area contributed by atoms with Crippen molar-refractivity contribution in [2.45, 2.75) is 27.3 Å². The Morgan fingerprint density at radius 3 is 2.42 bits per heavy atom. The summed E-state index contributed by atoms with van der Waals surface area (Å²) < 4.78 is 7.06. The van der Waals surface area contributed by atoms with E-state index in [4.69, 9.17) is 4.74 Å². The highest BCUT2D eigenvalue weighted by molar-refractivity contribution is 5.61. The van der Waals surface area contributed by atoms with Gasteiger partial charge in [0.15, 0.2) is 0 Å². The third-order valence-corrected chi connectivity index (χ3v) is 4.47. The van der Waals surface area contributed by atoms with Gasteiger partial charge in [0.25, 0.3) is 0 Å². The first-order valence-electron chi connectivity index (χ1n) is 8.52. The minimum atomic E-state index is -0.388. The predicted molar refractivity (Wildman–Crippen MR) is 105 cm³/mol. The van der Waals surface area contributed by atoms with Crippen LogP contribution in [-0.4, -0.2) is 16.7 Å². The van der Waals surface area contributed by atoms with Crippen LogP contribution in [0, 0.1) is 20.8 Å². The van der Waals surface area contributed by atoms with Crippen molar-refractivity contribution in [1.82, 2.24) is 9.55 Å².